The Balaban J connectivity index is 1.35. The molecule has 0 spiro atoms. The zero-order chi connectivity index (χ0) is 26.3. The summed E-state index contributed by atoms with van der Waals surface area (Å²) < 4.78 is 0. The number of para-hydroxylation sites is 1. The van der Waals surface area contributed by atoms with Crippen LogP contribution in [-0.2, 0) is 4.79 Å². The van der Waals surface area contributed by atoms with Crippen molar-refractivity contribution in [1.82, 2.24) is 30.2 Å². The first-order valence-corrected chi connectivity index (χ1v) is 12.6. The van der Waals surface area contributed by atoms with Crippen molar-refractivity contribution >= 4 is 40.0 Å². The van der Waals surface area contributed by atoms with Gasteiger partial charge in [0.1, 0.15) is 5.82 Å². The molecule has 1 aliphatic rings. The minimum absolute atomic E-state index is 0.188. The Morgan fingerprint density at radius 1 is 1.05 bits per heavy atom. The van der Waals surface area contributed by atoms with Gasteiger partial charge < -0.3 is 25.8 Å². The van der Waals surface area contributed by atoms with E-state index in [-0.39, 0.29) is 5.91 Å². The maximum absolute atomic E-state index is 12.3. The molecular formula is C28H31N9O. The minimum atomic E-state index is -0.188. The molecule has 3 aromatic heterocycles. The van der Waals surface area contributed by atoms with Crippen LogP contribution in [0.2, 0.25) is 0 Å². The molecule has 5 rings (SSSR count). The van der Waals surface area contributed by atoms with Crippen LogP contribution in [0, 0.1) is 0 Å². The summed E-state index contributed by atoms with van der Waals surface area (Å²) >= 11 is 0. The molecule has 0 aliphatic carbocycles. The molecule has 4 heterocycles. The Bertz CT molecular complexity index is 1430. The predicted molar refractivity (Wildman–Crippen MR) is 152 cm³/mol. The molecule has 1 amide bonds. The van der Waals surface area contributed by atoms with Gasteiger partial charge in [0.15, 0.2) is 0 Å². The number of nitrogens with one attached hydrogen (secondary N) is 3. The Morgan fingerprint density at radius 2 is 1.92 bits per heavy atom. The van der Waals surface area contributed by atoms with E-state index in [1.807, 2.05) is 61.5 Å². The second kappa shape index (κ2) is 11.8. The zero-order valence-corrected chi connectivity index (χ0v) is 21.6. The monoisotopic (exact) mass is 509 g/mol. The number of benzene rings is 1. The van der Waals surface area contributed by atoms with Gasteiger partial charge in [-0.15, -0.1) is 0 Å². The number of hydrogen-bond donors (Lipinski definition) is 3. The fourth-order valence-electron chi connectivity index (χ4n) is 4.20. The highest BCUT2D eigenvalue weighted by atomic mass is 16.1. The van der Waals surface area contributed by atoms with E-state index in [0.717, 1.165) is 54.2 Å². The number of nitrogens with zero attached hydrogens (tertiary/aromatic N) is 6. The Kier molecular flexibility index (Phi) is 7.81. The van der Waals surface area contributed by atoms with Gasteiger partial charge in [0.25, 0.3) is 0 Å². The summed E-state index contributed by atoms with van der Waals surface area (Å²) in [6, 6.07) is 13.5. The van der Waals surface area contributed by atoms with E-state index in [1.54, 1.807) is 24.7 Å². The molecule has 0 saturated carbocycles. The van der Waals surface area contributed by atoms with Crippen LogP contribution in [0.1, 0.15) is 0 Å². The molecule has 1 aliphatic heterocycles. The van der Waals surface area contributed by atoms with Crippen molar-refractivity contribution in [3.8, 4) is 11.3 Å². The van der Waals surface area contributed by atoms with Crippen molar-refractivity contribution in [3.05, 3.63) is 73.2 Å². The summed E-state index contributed by atoms with van der Waals surface area (Å²) in [5.74, 6) is 1.24. The first-order chi connectivity index (χ1) is 18.5. The van der Waals surface area contributed by atoms with E-state index in [4.69, 9.17) is 4.98 Å². The molecule has 0 unspecified atom stereocenters. The summed E-state index contributed by atoms with van der Waals surface area (Å²) in [5.41, 5.74) is 3.79. The maximum atomic E-state index is 12.3. The van der Waals surface area contributed by atoms with Gasteiger partial charge in [-0.1, -0.05) is 24.3 Å². The van der Waals surface area contributed by atoms with Crippen LogP contribution in [0.5, 0.6) is 0 Å². The van der Waals surface area contributed by atoms with Crippen LogP contribution < -0.4 is 20.9 Å². The van der Waals surface area contributed by atoms with E-state index < -0.39 is 0 Å². The van der Waals surface area contributed by atoms with E-state index in [2.05, 4.69) is 35.8 Å². The standard InChI is InChI=1S/C28H31N9O/c1-36(2)14-4-7-26(38)33-21-10-11-30-24(17-21)23-6-3-5-20-18-32-28(35-27(20)23)34-22-8-9-25(31-19-22)37-15-12-29-13-16-37/h3-11,17-19,29H,12-16H2,1-2H3,(H,30,33,38)(H,32,34,35)/b7-4+. The summed E-state index contributed by atoms with van der Waals surface area (Å²) in [5, 5.41) is 10.4. The second-order valence-electron chi connectivity index (χ2n) is 9.29. The third-order valence-electron chi connectivity index (χ3n) is 6.10. The van der Waals surface area contributed by atoms with Gasteiger partial charge >= 0.3 is 0 Å². The number of hydrogen-bond acceptors (Lipinski definition) is 9. The zero-order valence-electron chi connectivity index (χ0n) is 21.6. The number of aromatic nitrogens is 4. The molecule has 194 valence electrons. The summed E-state index contributed by atoms with van der Waals surface area (Å²) in [6.45, 7) is 4.52. The lowest BCUT2D eigenvalue weighted by Gasteiger charge is -2.28. The predicted octanol–water partition coefficient (Wildman–Crippen LogP) is 3.30. The maximum Gasteiger partial charge on any atom is 0.248 e. The summed E-state index contributed by atoms with van der Waals surface area (Å²) in [7, 11) is 3.90. The number of carbonyl (C=O) groups excluding carboxylic acids is 1. The van der Waals surface area contributed by atoms with Gasteiger partial charge in [-0.2, -0.15) is 0 Å². The van der Waals surface area contributed by atoms with Crippen LogP contribution in [0.3, 0.4) is 0 Å². The fourth-order valence-corrected chi connectivity index (χ4v) is 4.20. The van der Waals surface area contributed by atoms with Gasteiger partial charge in [-0.25, -0.2) is 15.0 Å². The summed E-state index contributed by atoms with van der Waals surface area (Å²) in [4.78, 5) is 35.0. The first-order valence-electron chi connectivity index (χ1n) is 12.6. The topological polar surface area (TPSA) is 111 Å². The lowest BCUT2D eigenvalue weighted by molar-refractivity contribution is -0.111. The average molecular weight is 510 g/mol. The van der Waals surface area contributed by atoms with Gasteiger partial charge in [0.05, 0.1) is 23.1 Å². The van der Waals surface area contributed by atoms with Crippen LogP contribution in [0.15, 0.2) is 73.2 Å². The minimum Gasteiger partial charge on any atom is -0.354 e. The average Bonchev–Trinajstić information content (AvgIpc) is 2.93. The molecule has 0 bridgehead atoms. The molecule has 1 saturated heterocycles. The van der Waals surface area contributed by atoms with Gasteiger partial charge in [-0.3, -0.25) is 9.78 Å². The number of carbonyl (C=O) groups is 1. The molecule has 1 aromatic carbocycles. The van der Waals surface area contributed by atoms with E-state index in [0.29, 0.717) is 23.9 Å². The van der Waals surface area contributed by atoms with Crippen molar-refractivity contribution in [2.24, 2.45) is 0 Å². The highest BCUT2D eigenvalue weighted by Crippen LogP contribution is 2.28. The highest BCUT2D eigenvalue weighted by molar-refractivity contribution is 6.00. The SMILES string of the molecule is CN(C)C/C=C/C(=O)Nc1ccnc(-c2cccc3cnc(Nc4ccc(N5CCNCC5)nc4)nc23)c1. The number of rotatable bonds is 8. The Labute approximate surface area is 221 Å². The fraction of sp³-hybridized carbons (Fsp3) is 0.250. The number of anilines is 4. The van der Waals surface area contributed by atoms with E-state index in [9.17, 15) is 4.79 Å². The van der Waals surface area contributed by atoms with Crippen molar-refractivity contribution in [2.45, 2.75) is 0 Å². The second-order valence-corrected chi connectivity index (χ2v) is 9.29. The Hall–Kier alpha value is -4.41. The molecule has 10 heteroatoms. The molecule has 0 radical (unpaired) electrons. The molecule has 0 atom stereocenters. The first kappa shape index (κ1) is 25.2. The van der Waals surface area contributed by atoms with Crippen LogP contribution in [-0.4, -0.2) is 77.6 Å². The van der Waals surface area contributed by atoms with Crippen LogP contribution in [0.4, 0.5) is 23.1 Å². The van der Waals surface area contributed by atoms with Crippen molar-refractivity contribution in [1.29, 1.82) is 0 Å². The summed E-state index contributed by atoms with van der Waals surface area (Å²) in [6.07, 6.45) is 8.63. The van der Waals surface area contributed by atoms with Crippen molar-refractivity contribution in [3.63, 3.8) is 0 Å². The third-order valence-corrected chi connectivity index (χ3v) is 6.10. The molecule has 3 N–H and O–H groups in total. The van der Waals surface area contributed by atoms with Gasteiger partial charge in [0.2, 0.25) is 11.9 Å². The van der Waals surface area contributed by atoms with Crippen molar-refractivity contribution in [2.75, 3.05) is 62.4 Å². The number of likely N-dealkylation sites (N-methyl/N-ethyl adjacent to an activating group) is 1. The third kappa shape index (κ3) is 6.28. The van der Waals surface area contributed by atoms with E-state index >= 15 is 0 Å². The molecular weight excluding hydrogens is 478 g/mol. The van der Waals surface area contributed by atoms with Gasteiger partial charge in [0, 0.05) is 67.8 Å². The number of piperazine rings is 1. The molecule has 38 heavy (non-hydrogen) atoms. The number of amides is 1. The Morgan fingerprint density at radius 3 is 2.71 bits per heavy atom. The molecule has 1 fully saturated rings. The molecule has 10 nitrogen and oxygen atoms in total. The number of pyridine rings is 2. The van der Waals surface area contributed by atoms with E-state index in [1.165, 1.54) is 6.08 Å². The van der Waals surface area contributed by atoms with Gasteiger partial charge in [-0.05, 0) is 38.4 Å². The quantitative estimate of drug-likeness (QED) is 0.308. The normalized spacial score (nSPS) is 13.8. The lowest BCUT2D eigenvalue weighted by Crippen LogP contribution is -2.43. The lowest BCUT2D eigenvalue weighted by atomic mass is 10.1. The number of fused-ring (bicyclic) bond motifs is 1. The van der Waals surface area contributed by atoms with Crippen molar-refractivity contribution < 1.29 is 4.79 Å². The van der Waals surface area contributed by atoms with Crippen LogP contribution >= 0.6 is 0 Å². The smallest absolute Gasteiger partial charge is 0.248 e. The van der Waals surface area contributed by atoms with Crippen LogP contribution in [0.25, 0.3) is 22.2 Å². The largest absolute Gasteiger partial charge is 0.354 e. The highest BCUT2D eigenvalue weighted by Gasteiger charge is 2.13. The molecule has 4 aromatic rings.